The zero-order chi connectivity index (χ0) is 11.3. The van der Waals surface area contributed by atoms with Gasteiger partial charge in [-0.1, -0.05) is 0 Å². The highest BCUT2D eigenvalue weighted by atomic mass is 16.5. The number of ether oxygens (including phenoxy) is 1. The second-order valence-electron chi connectivity index (χ2n) is 3.13. The van der Waals surface area contributed by atoms with E-state index in [1.54, 1.807) is 6.92 Å². The Kier molecular flexibility index (Phi) is 4.23. The first-order chi connectivity index (χ1) is 7.15. The summed E-state index contributed by atoms with van der Waals surface area (Å²) in [6.07, 6.45) is 0. The Labute approximate surface area is 88.6 Å². The topological polar surface area (TPSA) is 69.0 Å². The van der Waals surface area contributed by atoms with Crippen LogP contribution in [0.4, 0.5) is 0 Å². The molecule has 6 nitrogen and oxygen atoms in total. The van der Waals surface area contributed by atoms with E-state index in [9.17, 15) is 4.79 Å². The van der Waals surface area contributed by atoms with Crippen LogP contribution in [0.1, 0.15) is 18.6 Å². The van der Waals surface area contributed by atoms with Crippen LogP contribution in [0, 0.1) is 6.92 Å². The lowest BCUT2D eigenvalue weighted by molar-refractivity contribution is -0.142. The van der Waals surface area contributed by atoms with Crippen LogP contribution in [0.3, 0.4) is 0 Å². The summed E-state index contributed by atoms with van der Waals surface area (Å²) in [5.41, 5.74) is 0. The molecule has 0 aliphatic heterocycles. The zero-order valence-electron chi connectivity index (χ0n) is 9.28. The molecule has 0 atom stereocenters. The van der Waals surface area contributed by atoms with Crippen molar-refractivity contribution in [2.24, 2.45) is 7.05 Å². The normalized spacial score (nSPS) is 10.3. The molecular formula is C9H16N4O2. The van der Waals surface area contributed by atoms with E-state index < -0.39 is 0 Å². The smallest absolute Gasteiger partial charge is 0.319 e. The first kappa shape index (κ1) is 11.6. The van der Waals surface area contributed by atoms with Gasteiger partial charge in [-0.25, -0.2) is 0 Å². The van der Waals surface area contributed by atoms with Crippen molar-refractivity contribution < 1.29 is 9.53 Å². The van der Waals surface area contributed by atoms with Crippen molar-refractivity contribution in [3.8, 4) is 0 Å². The van der Waals surface area contributed by atoms with E-state index in [2.05, 4.69) is 15.5 Å². The predicted molar refractivity (Wildman–Crippen MR) is 54.1 cm³/mol. The van der Waals surface area contributed by atoms with Crippen LogP contribution in [0.25, 0.3) is 0 Å². The molecule has 1 N–H and O–H groups in total. The van der Waals surface area contributed by atoms with Crippen molar-refractivity contribution in [3.05, 3.63) is 11.6 Å². The minimum absolute atomic E-state index is 0.194. The van der Waals surface area contributed by atoms with Crippen LogP contribution in [0.15, 0.2) is 0 Å². The molecule has 1 heterocycles. The largest absolute Gasteiger partial charge is 0.465 e. The summed E-state index contributed by atoms with van der Waals surface area (Å²) in [6, 6.07) is 0. The lowest BCUT2D eigenvalue weighted by Gasteiger charge is -2.04. The summed E-state index contributed by atoms with van der Waals surface area (Å²) < 4.78 is 6.64. The number of nitrogens with one attached hydrogen (secondary N) is 1. The third kappa shape index (κ3) is 3.32. The van der Waals surface area contributed by atoms with E-state index in [1.165, 1.54) is 0 Å². The number of hydrogen-bond donors (Lipinski definition) is 1. The van der Waals surface area contributed by atoms with Gasteiger partial charge in [-0.05, 0) is 13.8 Å². The van der Waals surface area contributed by atoms with Gasteiger partial charge < -0.3 is 9.30 Å². The van der Waals surface area contributed by atoms with Crippen molar-refractivity contribution in [2.75, 3.05) is 13.2 Å². The van der Waals surface area contributed by atoms with Crippen LogP contribution < -0.4 is 5.32 Å². The highest BCUT2D eigenvalue weighted by molar-refractivity contribution is 5.71. The van der Waals surface area contributed by atoms with Gasteiger partial charge in [0.05, 0.1) is 19.7 Å². The van der Waals surface area contributed by atoms with Crippen molar-refractivity contribution >= 4 is 5.97 Å². The fourth-order valence-electron chi connectivity index (χ4n) is 1.09. The lowest BCUT2D eigenvalue weighted by Crippen LogP contribution is -2.25. The molecule has 84 valence electrons. The molecule has 0 saturated carbocycles. The number of carbonyl (C=O) groups excluding carboxylic acids is 1. The van der Waals surface area contributed by atoms with Gasteiger partial charge in [0, 0.05) is 7.05 Å². The van der Waals surface area contributed by atoms with Crippen LogP contribution in [-0.2, 0) is 23.1 Å². The Morgan fingerprint density at radius 1 is 1.53 bits per heavy atom. The molecule has 1 aromatic heterocycles. The van der Waals surface area contributed by atoms with E-state index in [0.717, 1.165) is 11.6 Å². The predicted octanol–water partition coefficient (Wildman–Crippen LogP) is -0.224. The van der Waals surface area contributed by atoms with Crippen LogP contribution in [0.5, 0.6) is 0 Å². The monoisotopic (exact) mass is 212 g/mol. The third-order valence-corrected chi connectivity index (χ3v) is 2.04. The third-order valence-electron chi connectivity index (χ3n) is 2.04. The maximum Gasteiger partial charge on any atom is 0.319 e. The number of aromatic nitrogens is 3. The zero-order valence-corrected chi connectivity index (χ0v) is 9.28. The van der Waals surface area contributed by atoms with E-state index in [4.69, 9.17) is 4.74 Å². The van der Waals surface area contributed by atoms with E-state index in [0.29, 0.717) is 13.2 Å². The minimum Gasteiger partial charge on any atom is -0.465 e. The van der Waals surface area contributed by atoms with Crippen LogP contribution in [0.2, 0.25) is 0 Å². The number of rotatable bonds is 5. The van der Waals surface area contributed by atoms with Gasteiger partial charge in [-0.2, -0.15) is 0 Å². The number of carbonyl (C=O) groups is 1. The Bertz CT molecular complexity index is 335. The minimum atomic E-state index is -0.253. The number of hydrogen-bond acceptors (Lipinski definition) is 5. The fraction of sp³-hybridized carbons (Fsp3) is 0.667. The van der Waals surface area contributed by atoms with Crippen molar-refractivity contribution in [2.45, 2.75) is 20.4 Å². The summed E-state index contributed by atoms with van der Waals surface area (Å²) in [6.45, 7) is 4.77. The summed E-state index contributed by atoms with van der Waals surface area (Å²) in [5, 5.41) is 10.8. The van der Waals surface area contributed by atoms with Gasteiger partial charge in [0.15, 0.2) is 0 Å². The van der Waals surface area contributed by atoms with Crippen LogP contribution >= 0.6 is 0 Å². The molecule has 0 unspecified atom stereocenters. The highest BCUT2D eigenvalue weighted by Gasteiger charge is 2.05. The Morgan fingerprint density at radius 2 is 2.27 bits per heavy atom. The summed E-state index contributed by atoms with van der Waals surface area (Å²) in [4.78, 5) is 11.0. The number of esters is 1. The van der Waals surface area contributed by atoms with Crippen molar-refractivity contribution in [1.29, 1.82) is 0 Å². The molecule has 15 heavy (non-hydrogen) atoms. The van der Waals surface area contributed by atoms with Gasteiger partial charge in [0.2, 0.25) is 0 Å². The summed E-state index contributed by atoms with van der Waals surface area (Å²) >= 11 is 0. The Morgan fingerprint density at radius 3 is 2.80 bits per heavy atom. The molecule has 0 aliphatic rings. The molecule has 0 spiro atoms. The summed E-state index contributed by atoms with van der Waals surface area (Å²) in [5.74, 6) is 1.40. The second kappa shape index (κ2) is 5.45. The maximum absolute atomic E-state index is 11.0. The molecule has 1 aromatic rings. The van der Waals surface area contributed by atoms with Gasteiger partial charge in [-0.3, -0.25) is 10.1 Å². The SMILES string of the molecule is CCOC(=O)CNCc1nnc(C)n1C. The van der Waals surface area contributed by atoms with Crippen molar-refractivity contribution in [3.63, 3.8) is 0 Å². The molecule has 0 amide bonds. The van der Waals surface area contributed by atoms with Gasteiger partial charge in [0.1, 0.15) is 11.6 Å². The molecule has 0 saturated heterocycles. The average Bonchev–Trinajstić information content (AvgIpc) is 2.50. The first-order valence-electron chi connectivity index (χ1n) is 4.86. The van der Waals surface area contributed by atoms with E-state index in [1.807, 2.05) is 18.5 Å². The molecular weight excluding hydrogens is 196 g/mol. The molecule has 6 heteroatoms. The summed E-state index contributed by atoms with van der Waals surface area (Å²) in [7, 11) is 1.89. The standard InChI is InChI=1S/C9H16N4O2/c1-4-15-9(14)6-10-5-8-12-11-7(2)13(8)3/h10H,4-6H2,1-3H3. The Hall–Kier alpha value is -1.43. The second-order valence-corrected chi connectivity index (χ2v) is 3.13. The molecule has 0 aromatic carbocycles. The Balaban J connectivity index is 2.32. The van der Waals surface area contributed by atoms with Gasteiger partial charge in [-0.15, -0.1) is 10.2 Å². The molecule has 0 aliphatic carbocycles. The first-order valence-corrected chi connectivity index (χ1v) is 4.86. The van der Waals surface area contributed by atoms with E-state index in [-0.39, 0.29) is 12.5 Å². The lowest BCUT2D eigenvalue weighted by atomic mass is 10.5. The van der Waals surface area contributed by atoms with Gasteiger partial charge >= 0.3 is 5.97 Å². The number of aryl methyl sites for hydroxylation is 1. The van der Waals surface area contributed by atoms with Gasteiger partial charge in [0.25, 0.3) is 0 Å². The highest BCUT2D eigenvalue weighted by Crippen LogP contribution is 1.96. The van der Waals surface area contributed by atoms with Crippen LogP contribution in [-0.4, -0.2) is 33.9 Å². The molecule has 0 fully saturated rings. The maximum atomic E-state index is 11.0. The average molecular weight is 212 g/mol. The molecule has 0 bridgehead atoms. The van der Waals surface area contributed by atoms with E-state index >= 15 is 0 Å². The number of nitrogens with zero attached hydrogens (tertiary/aromatic N) is 3. The molecule has 0 radical (unpaired) electrons. The molecule has 1 rings (SSSR count). The fourth-order valence-corrected chi connectivity index (χ4v) is 1.09. The quantitative estimate of drug-likeness (QED) is 0.683. The van der Waals surface area contributed by atoms with Crippen molar-refractivity contribution in [1.82, 2.24) is 20.1 Å².